The van der Waals surface area contributed by atoms with Crippen LogP contribution in [0.5, 0.6) is 0 Å². The van der Waals surface area contributed by atoms with Gasteiger partial charge in [-0.2, -0.15) is 0 Å². The molecule has 0 bridgehead atoms. The van der Waals surface area contributed by atoms with Crippen molar-refractivity contribution in [1.82, 2.24) is 4.98 Å². The van der Waals surface area contributed by atoms with Gasteiger partial charge in [-0.15, -0.1) is 11.3 Å². The maximum absolute atomic E-state index is 12.7. The molecule has 0 aromatic carbocycles. The zero-order valence-corrected chi connectivity index (χ0v) is 10.6. The molecule has 0 saturated heterocycles. The topological polar surface area (TPSA) is 79.3 Å². The largest absolute Gasteiger partial charge is 0.478 e. The third kappa shape index (κ3) is 2.94. The summed E-state index contributed by atoms with van der Waals surface area (Å²) in [5, 5.41) is 11.7. The van der Waals surface area contributed by atoms with Crippen molar-refractivity contribution < 1.29 is 19.1 Å². The van der Waals surface area contributed by atoms with Gasteiger partial charge in [-0.3, -0.25) is 4.79 Å². The van der Waals surface area contributed by atoms with E-state index in [9.17, 15) is 14.0 Å². The fourth-order valence-corrected chi connectivity index (χ4v) is 2.34. The molecule has 7 heteroatoms. The van der Waals surface area contributed by atoms with Crippen LogP contribution in [0.1, 0.15) is 25.7 Å². The van der Waals surface area contributed by atoms with Gasteiger partial charge >= 0.3 is 5.97 Å². The molecule has 5 nitrogen and oxygen atoms in total. The molecule has 1 amide bonds. The molecule has 0 aliphatic rings. The predicted molar refractivity (Wildman–Crippen MR) is 68.2 cm³/mol. The van der Waals surface area contributed by atoms with Crippen LogP contribution >= 0.6 is 11.3 Å². The van der Waals surface area contributed by atoms with E-state index in [1.165, 1.54) is 12.1 Å². The lowest BCUT2D eigenvalue weighted by atomic mass is 10.3. The molecule has 0 spiro atoms. The van der Waals surface area contributed by atoms with Crippen LogP contribution in [0.2, 0.25) is 0 Å². The number of thiophene rings is 1. The standard InChI is InChI=1S/C12H9FN2O3S/c1-6-4-8(12(17)18)11(19-6)15-10(16)9-3-2-7(13)5-14-9/h2-5H,1H3,(H,15,16)(H,17,18). The number of hydrogen-bond donors (Lipinski definition) is 2. The summed E-state index contributed by atoms with van der Waals surface area (Å²) in [4.78, 5) is 27.2. The third-order valence-electron chi connectivity index (χ3n) is 2.27. The number of aromatic carboxylic acids is 1. The Hall–Kier alpha value is -2.28. The number of nitrogens with zero attached hydrogens (tertiary/aromatic N) is 1. The minimum atomic E-state index is -1.12. The summed E-state index contributed by atoms with van der Waals surface area (Å²) < 4.78 is 12.7. The first kappa shape index (κ1) is 13.2. The van der Waals surface area contributed by atoms with E-state index in [0.717, 1.165) is 28.5 Å². The van der Waals surface area contributed by atoms with Crippen molar-refractivity contribution in [2.45, 2.75) is 6.92 Å². The highest BCUT2D eigenvalue weighted by Crippen LogP contribution is 2.27. The van der Waals surface area contributed by atoms with Gasteiger partial charge in [0.05, 0.1) is 11.8 Å². The summed E-state index contributed by atoms with van der Waals surface area (Å²) in [7, 11) is 0. The summed E-state index contributed by atoms with van der Waals surface area (Å²) in [6, 6.07) is 3.81. The average Bonchev–Trinajstić information content (AvgIpc) is 2.71. The van der Waals surface area contributed by atoms with E-state index in [-0.39, 0.29) is 16.3 Å². The number of hydrogen-bond acceptors (Lipinski definition) is 4. The number of amides is 1. The van der Waals surface area contributed by atoms with Crippen molar-refractivity contribution in [3.05, 3.63) is 46.3 Å². The van der Waals surface area contributed by atoms with Gasteiger partial charge in [0, 0.05) is 4.88 Å². The molecule has 0 fully saturated rings. The van der Waals surface area contributed by atoms with Gasteiger partial charge in [0.15, 0.2) is 0 Å². The molecule has 0 radical (unpaired) electrons. The number of nitrogens with one attached hydrogen (secondary N) is 1. The highest BCUT2D eigenvalue weighted by atomic mass is 32.1. The first-order valence-corrected chi connectivity index (χ1v) is 6.05. The second-order valence-corrected chi connectivity index (χ2v) is 4.98. The number of carbonyl (C=O) groups is 2. The molecule has 2 heterocycles. The zero-order valence-electron chi connectivity index (χ0n) is 9.81. The summed E-state index contributed by atoms with van der Waals surface area (Å²) in [5.41, 5.74) is 0.0433. The van der Waals surface area contributed by atoms with Crippen LogP contribution in [0.4, 0.5) is 9.39 Å². The Bertz CT molecular complexity index is 637. The lowest BCUT2D eigenvalue weighted by molar-refractivity contribution is 0.0698. The maximum atomic E-state index is 12.7. The molecular formula is C12H9FN2O3S. The quantitative estimate of drug-likeness (QED) is 0.905. The molecule has 0 aliphatic carbocycles. The smallest absolute Gasteiger partial charge is 0.338 e. The second kappa shape index (κ2) is 5.15. The van der Waals surface area contributed by atoms with Gasteiger partial charge < -0.3 is 10.4 Å². The van der Waals surface area contributed by atoms with E-state index in [2.05, 4.69) is 10.3 Å². The Labute approximate surface area is 111 Å². The summed E-state index contributed by atoms with van der Waals surface area (Å²) >= 11 is 1.15. The normalized spacial score (nSPS) is 10.2. The summed E-state index contributed by atoms with van der Waals surface area (Å²) in [6.07, 6.45) is 0.923. The molecule has 0 aliphatic heterocycles. The van der Waals surface area contributed by atoms with Gasteiger partial charge in [-0.25, -0.2) is 14.2 Å². The van der Waals surface area contributed by atoms with E-state index in [1.807, 2.05) is 0 Å². The molecular weight excluding hydrogens is 271 g/mol. The van der Waals surface area contributed by atoms with Crippen LogP contribution in [0.15, 0.2) is 24.4 Å². The zero-order chi connectivity index (χ0) is 14.0. The van der Waals surface area contributed by atoms with Crippen LogP contribution in [-0.4, -0.2) is 22.0 Å². The van der Waals surface area contributed by atoms with Crippen LogP contribution in [0.25, 0.3) is 0 Å². The molecule has 2 aromatic heterocycles. The molecule has 19 heavy (non-hydrogen) atoms. The number of anilines is 1. The maximum Gasteiger partial charge on any atom is 0.338 e. The fourth-order valence-electron chi connectivity index (χ4n) is 1.44. The van der Waals surface area contributed by atoms with Gasteiger partial charge in [-0.05, 0) is 25.1 Å². The van der Waals surface area contributed by atoms with Crippen molar-refractivity contribution >= 4 is 28.2 Å². The van der Waals surface area contributed by atoms with Crippen molar-refractivity contribution in [3.8, 4) is 0 Å². The monoisotopic (exact) mass is 280 g/mol. The number of pyridine rings is 1. The van der Waals surface area contributed by atoms with Gasteiger partial charge in [-0.1, -0.05) is 0 Å². The van der Waals surface area contributed by atoms with Gasteiger partial charge in [0.1, 0.15) is 16.5 Å². The van der Waals surface area contributed by atoms with E-state index in [0.29, 0.717) is 0 Å². The first-order valence-electron chi connectivity index (χ1n) is 5.24. The Kier molecular flexibility index (Phi) is 3.57. The minimum Gasteiger partial charge on any atom is -0.478 e. The lowest BCUT2D eigenvalue weighted by Crippen LogP contribution is -2.14. The van der Waals surface area contributed by atoms with Crippen LogP contribution in [0, 0.1) is 12.7 Å². The molecule has 2 rings (SSSR count). The Morgan fingerprint density at radius 1 is 1.42 bits per heavy atom. The number of aromatic nitrogens is 1. The van der Waals surface area contributed by atoms with Crippen LogP contribution in [-0.2, 0) is 0 Å². The molecule has 0 unspecified atom stereocenters. The third-order valence-corrected chi connectivity index (χ3v) is 3.24. The molecule has 2 aromatic rings. The van der Waals surface area contributed by atoms with Crippen molar-refractivity contribution in [2.75, 3.05) is 5.32 Å². The number of rotatable bonds is 3. The van der Waals surface area contributed by atoms with Gasteiger partial charge in [0.25, 0.3) is 5.91 Å². The van der Waals surface area contributed by atoms with E-state index < -0.39 is 17.7 Å². The Morgan fingerprint density at radius 2 is 2.16 bits per heavy atom. The number of carboxylic acid groups (broad SMARTS) is 1. The minimum absolute atomic E-state index is 0.0174. The fraction of sp³-hybridized carbons (Fsp3) is 0.0833. The highest BCUT2D eigenvalue weighted by molar-refractivity contribution is 7.16. The molecule has 0 atom stereocenters. The number of carbonyl (C=O) groups excluding carboxylic acids is 1. The Morgan fingerprint density at radius 3 is 2.74 bits per heavy atom. The van der Waals surface area contributed by atoms with Crippen LogP contribution < -0.4 is 5.32 Å². The van der Waals surface area contributed by atoms with E-state index >= 15 is 0 Å². The van der Waals surface area contributed by atoms with Crippen molar-refractivity contribution in [3.63, 3.8) is 0 Å². The Balaban J connectivity index is 2.24. The number of halogens is 1. The SMILES string of the molecule is Cc1cc(C(=O)O)c(NC(=O)c2ccc(F)cn2)s1. The molecule has 0 saturated carbocycles. The van der Waals surface area contributed by atoms with Crippen molar-refractivity contribution in [1.29, 1.82) is 0 Å². The summed E-state index contributed by atoms with van der Waals surface area (Å²) in [6.45, 7) is 1.74. The molecule has 98 valence electrons. The summed E-state index contributed by atoms with van der Waals surface area (Å²) in [5.74, 6) is -2.24. The second-order valence-electron chi connectivity index (χ2n) is 3.72. The highest BCUT2D eigenvalue weighted by Gasteiger charge is 2.17. The van der Waals surface area contributed by atoms with Crippen molar-refractivity contribution in [2.24, 2.45) is 0 Å². The average molecular weight is 280 g/mol. The number of aryl methyl sites for hydroxylation is 1. The van der Waals surface area contributed by atoms with Gasteiger partial charge in [0.2, 0.25) is 0 Å². The van der Waals surface area contributed by atoms with Crippen LogP contribution in [0.3, 0.4) is 0 Å². The predicted octanol–water partition coefficient (Wildman–Crippen LogP) is 2.54. The van der Waals surface area contributed by atoms with E-state index in [4.69, 9.17) is 5.11 Å². The number of carboxylic acids is 1. The molecule has 2 N–H and O–H groups in total. The first-order chi connectivity index (χ1) is 8.97. The lowest BCUT2D eigenvalue weighted by Gasteiger charge is -2.03. The van der Waals surface area contributed by atoms with E-state index in [1.54, 1.807) is 6.92 Å².